The number of likely N-dealkylation sites (N-methyl/N-ethyl adjacent to an activating group) is 1. The Balaban J connectivity index is 1.66. The lowest BCUT2D eigenvalue weighted by Gasteiger charge is -2.32. The molecule has 1 aliphatic rings. The van der Waals surface area contributed by atoms with Crippen molar-refractivity contribution in [1.82, 2.24) is 20.1 Å². The van der Waals surface area contributed by atoms with Gasteiger partial charge in [0.2, 0.25) is 0 Å². The Morgan fingerprint density at radius 1 is 1.17 bits per heavy atom. The van der Waals surface area contributed by atoms with Crippen LogP contribution in [-0.4, -0.2) is 79.2 Å². The Kier molecular flexibility index (Phi) is 10.2. The molecule has 11 heteroatoms. The highest BCUT2D eigenvalue weighted by Crippen LogP contribution is 2.32. The Morgan fingerprint density at radius 2 is 1.92 bits per heavy atom. The van der Waals surface area contributed by atoms with E-state index < -0.39 is 6.03 Å². The van der Waals surface area contributed by atoms with Crippen molar-refractivity contribution < 1.29 is 4.79 Å². The van der Waals surface area contributed by atoms with Crippen LogP contribution in [0.2, 0.25) is 10.0 Å². The third kappa shape index (κ3) is 7.91. The van der Waals surface area contributed by atoms with Crippen LogP contribution >= 0.6 is 35.4 Å². The molecule has 1 saturated heterocycles. The monoisotopic (exact) mass is 551 g/mol. The van der Waals surface area contributed by atoms with E-state index in [2.05, 4.69) is 57.1 Å². The van der Waals surface area contributed by atoms with Gasteiger partial charge in [-0.25, -0.2) is 9.78 Å². The van der Waals surface area contributed by atoms with Crippen LogP contribution in [0.15, 0.2) is 30.3 Å². The van der Waals surface area contributed by atoms with Crippen molar-refractivity contribution >= 4 is 63.8 Å². The summed E-state index contributed by atoms with van der Waals surface area (Å²) in [5, 5.41) is 13.3. The molecule has 2 heterocycles. The third-order valence-corrected chi connectivity index (χ3v) is 7.52. The normalized spacial score (nSPS) is 17.8. The molecule has 0 bridgehead atoms. The number of urea groups is 1. The largest absolute Gasteiger partial charge is 0.378 e. The van der Waals surface area contributed by atoms with E-state index in [1.807, 2.05) is 19.1 Å². The molecule has 1 aromatic carbocycles. The molecule has 36 heavy (non-hydrogen) atoms. The number of carbonyl (C=O) groups is 1. The van der Waals surface area contributed by atoms with E-state index in [9.17, 15) is 4.79 Å². The molecular weight excluding hydrogens is 517 g/mol. The maximum absolute atomic E-state index is 12.5. The number of thiocarbonyl (C=S) groups is 1. The van der Waals surface area contributed by atoms with Crippen molar-refractivity contribution in [2.75, 3.05) is 69.3 Å². The molecular formula is C25H35Cl2N7OS. The SMILES string of the molecule is CCN1CCC(CNc2cc(C)cc(NC(=O)Nc3ccc(Cl)c(Cl)c3)n2)(C(=S)NCCN(C)C)C1. The van der Waals surface area contributed by atoms with Crippen molar-refractivity contribution in [2.45, 2.75) is 20.3 Å². The van der Waals surface area contributed by atoms with Gasteiger partial charge >= 0.3 is 6.03 Å². The minimum absolute atomic E-state index is 0.179. The van der Waals surface area contributed by atoms with Crippen LogP contribution in [0.3, 0.4) is 0 Å². The standard InChI is InChI=1S/C25H35Cl2N7OS/c1-5-34-10-8-25(16-34,23(36)28-9-11-33(3)4)15-29-21-12-17(2)13-22(31-21)32-24(35)30-18-6-7-19(26)20(27)14-18/h6-7,12-14H,5,8-11,15-16H2,1-4H3,(H,28,36)(H3,29,30,31,32,35). The van der Waals surface area contributed by atoms with Gasteiger partial charge in [0.05, 0.1) is 20.4 Å². The van der Waals surface area contributed by atoms with Gasteiger partial charge in [0, 0.05) is 31.9 Å². The quantitative estimate of drug-likeness (QED) is 0.311. The zero-order chi connectivity index (χ0) is 26.3. The third-order valence-electron chi connectivity index (χ3n) is 6.20. The zero-order valence-corrected chi connectivity index (χ0v) is 23.6. The number of hydrogen-bond donors (Lipinski definition) is 4. The number of anilines is 3. The minimum atomic E-state index is -0.422. The second kappa shape index (κ2) is 12.9. The van der Waals surface area contributed by atoms with Crippen molar-refractivity contribution in [2.24, 2.45) is 5.41 Å². The molecule has 1 aromatic heterocycles. The van der Waals surface area contributed by atoms with Crippen LogP contribution in [-0.2, 0) is 0 Å². The average Bonchev–Trinajstić information content (AvgIpc) is 3.24. The highest BCUT2D eigenvalue weighted by molar-refractivity contribution is 7.80. The van der Waals surface area contributed by atoms with E-state index in [0.29, 0.717) is 33.9 Å². The highest BCUT2D eigenvalue weighted by Gasteiger charge is 2.41. The number of amides is 2. The topological polar surface area (TPSA) is 84.6 Å². The molecule has 2 amide bonds. The number of benzene rings is 1. The fourth-order valence-corrected chi connectivity index (χ4v) is 4.79. The Bertz CT molecular complexity index is 1080. The lowest BCUT2D eigenvalue weighted by Crippen LogP contribution is -2.47. The van der Waals surface area contributed by atoms with Crippen molar-refractivity contribution in [1.29, 1.82) is 0 Å². The van der Waals surface area contributed by atoms with Crippen molar-refractivity contribution in [3.8, 4) is 0 Å². The van der Waals surface area contributed by atoms with E-state index in [4.69, 9.17) is 35.4 Å². The highest BCUT2D eigenvalue weighted by atomic mass is 35.5. The van der Waals surface area contributed by atoms with E-state index in [-0.39, 0.29) is 5.41 Å². The molecule has 0 spiro atoms. The maximum atomic E-state index is 12.5. The van der Waals surface area contributed by atoms with E-state index in [0.717, 1.165) is 49.7 Å². The number of aryl methyl sites for hydroxylation is 1. The lowest BCUT2D eigenvalue weighted by atomic mass is 9.86. The molecule has 8 nitrogen and oxygen atoms in total. The van der Waals surface area contributed by atoms with Gasteiger partial charge in [0.1, 0.15) is 11.6 Å². The summed E-state index contributed by atoms with van der Waals surface area (Å²) in [6.45, 7) is 9.42. The summed E-state index contributed by atoms with van der Waals surface area (Å²) in [5.74, 6) is 1.13. The van der Waals surface area contributed by atoms with Gasteiger partial charge in [0.15, 0.2) is 0 Å². The van der Waals surface area contributed by atoms with Gasteiger partial charge in [-0.05, 0) is 76.4 Å². The van der Waals surface area contributed by atoms with Gasteiger partial charge in [-0.2, -0.15) is 0 Å². The van der Waals surface area contributed by atoms with Crippen molar-refractivity contribution in [3.05, 3.63) is 45.9 Å². The van der Waals surface area contributed by atoms with Crippen LogP contribution < -0.4 is 21.3 Å². The predicted molar refractivity (Wildman–Crippen MR) is 155 cm³/mol. The molecule has 1 aliphatic heterocycles. The summed E-state index contributed by atoms with van der Waals surface area (Å²) in [5.41, 5.74) is 1.33. The fourth-order valence-electron chi connectivity index (χ4n) is 4.15. The molecule has 4 N–H and O–H groups in total. The molecule has 0 saturated carbocycles. The zero-order valence-electron chi connectivity index (χ0n) is 21.3. The molecule has 1 atom stereocenters. The van der Waals surface area contributed by atoms with Gasteiger partial charge < -0.3 is 25.8 Å². The second-order valence-electron chi connectivity index (χ2n) is 9.43. The molecule has 3 rings (SSSR count). The molecule has 1 unspecified atom stereocenters. The molecule has 0 aliphatic carbocycles. The van der Waals surface area contributed by atoms with Gasteiger partial charge in [-0.15, -0.1) is 0 Å². The molecule has 0 radical (unpaired) electrons. The smallest absolute Gasteiger partial charge is 0.324 e. The van der Waals surface area contributed by atoms with E-state index in [1.165, 1.54) is 0 Å². The first-order valence-electron chi connectivity index (χ1n) is 12.0. The minimum Gasteiger partial charge on any atom is -0.378 e. The summed E-state index contributed by atoms with van der Waals surface area (Å²) >= 11 is 17.9. The number of rotatable bonds is 10. The van der Waals surface area contributed by atoms with Crippen LogP contribution in [0.1, 0.15) is 18.9 Å². The first-order valence-corrected chi connectivity index (χ1v) is 13.2. The van der Waals surface area contributed by atoms with E-state index in [1.54, 1.807) is 18.2 Å². The van der Waals surface area contributed by atoms with Crippen LogP contribution in [0.4, 0.5) is 22.1 Å². The number of hydrogen-bond acceptors (Lipinski definition) is 6. The molecule has 196 valence electrons. The predicted octanol–water partition coefficient (Wildman–Crippen LogP) is 4.94. The van der Waals surface area contributed by atoms with Crippen LogP contribution in [0.25, 0.3) is 0 Å². The summed E-state index contributed by atoms with van der Waals surface area (Å²) in [6.07, 6.45) is 0.977. The number of nitrogens with one attached hydrogen (secondary N) is 4. The van der Waals surface area contributed by atoms with Crippen molar-refractivity contribution in [3.63, 3.8) is 0 Å². The first-order chi connectivity index (χ1) is 17.1. The summed E-state index contributed by atoms with van der Waals surface area (Å²) in [7, 11) is 4.10. The van der Waals surface area contributed by atoms with Crippen LogP contribution in [0, 0.1) is 12.3 Å². The molecule has 1 fully saturated rings. The summed E-state index contributed by atoms with van der Waals surface area (Å²) < 4.78 is 0. The first kappa shape index (κ1) is 28.4. The second-order valence-corrected chi connectivity index (χ2v) is 10.7. The van der Waals surface area contributed by atoms with Crippen LogP contribution in [0.5, 0.6) is 0 Å². The lowest BCUT2D eigenvalue weighted by molar-refractivity contribution is 0.262. The number of pyridine rings is 1. The number of aromatic nitrogens is 1. The Hall–Kier alpha value is -2.17. The fraction of sp³-hybridized carbons (Fsp3) is 0.480. The van der Waals surface area contributed by atoms with Gasteiger partial charge in [0.25, 0.3) is 0 Å². The molecule has 2 aromatic rings. The Labute approximate surface area is 229 Å². The number of likely N-dealkylation sites (tertiary alicyclic amines) is 1. The number of carbonyl (C=O) groups excluding carboxylic acids is 1. The number of nitrogens with zero attached hydrogens (tertiary/aromatic N) is 3. The average molecular weight is 553 g/mol. The van der Waals surface area contributed by atoms with Gasteiger partial charge in [-0.1, -0.05) is 42.3 Å². The van der Waals surface area contributed by atoms with E-state index >= 15 is 0 Å². The summed E-state index contributed by atoms with van der Waals surface area (Å²) in [4.78, 5) is 22.6. The number of halogens is 2. The Morgan fingerprint density at radius 3 is 2.58 bits per heavy atom. The summed E-state index contributed by atoms with van der Waals surface area (Å²) in [6, 6.07) is 8.26. The van der Waals surface area contributed by atoms with Gasteiger partial charge in [-0.3, -0.25) is 5.32 Å². The maximum Gasteiger partial charge on any atom is 0.324 e.